The van der Waals surface area contributed by atoms with Crippen LogP contribution in [-0.2, 0) is 20.8 Å². The van der Waals surface area contributed by atoms with Crippen LogP contribution in [-0.4, -0.2) is 58.5 Å². The molecule has 2 aliphatic rings. The molecule has 9 heteroatoms. The number of oxime groups is 1. The number of carbonyl (C=O) groups is 2. The maximum atomic E-state index is 12.9. The van der Waals surface area contributed by atoms with Gasteiger partial charge in [-0.05, 0) is 50.7 Å². The molecule has 0 bridgehead atoms. The van der Waals surface area contributed by atoms with Gasteiger partial charge in [0, 0.05) is 32.0 Å². The summed E-state index contributed by atoms with van der Waals surface area (Å²) in [6.07, 6.45) is 12.3. The Morgan fingerprint density at radius 3 is 2.68 bits per heavy atom. The number of aromatic hydroxyl groups is 2. The molecule has 1 aromatic carbocycles. The van der Waals surface area contributed by atoms with Gasteiger partial charge in [0.2, 0.25) is 0 Å². The zero-order valence-electron chi connectivity index (χ0n) is 19.3. The molecule has 0 unspecified atom stereocenters. The number of likely N-dealkylation sites (tertiary alicyclic amines) is 1. The first-order valence-corrected chi connectivity index (χ1v) is 12.0. The third kappa shape index (κ3) is 7.00. The molecule has 2 aliphatic heterocycles. The van der Waals surface area contributed by atoms with Crippen LogP contribution in [0.15, 0.2) is 35.5 Å². The molecule has 2 heterocycles. The fraction of sp³-hybridized carbons (Fsp3) is 0.480. The van der Waals surface area contributed by atoms with Gasteiger partial charge in [0.15, 0.2) is 6.61 Å². The summed E-state index contributed by atoms with van der Waals surface area (Å²) in [4.78, 5) is 32.4. The Labute approximate surface area is 204 Å². The standard InChI is InChI=1S/C25H31ClN2O6/c1-17-10-6-3-2-4-7-11-18(27-33-16-22(31)28-12-8-5-9-13-28)14-19-23(25(32)34-17)20(29)15-21(30)24(19)26/h3,6-7,11,15,17,29-30H,2,4-5,8-10,12-14,16H2,1H3/b6-3+,11-7+,27-18+/t17-/m1/s1. The molecule has 3 rings (SSSR count). The smallest absolute Gasteiger partial charge is 0.342 e. The van der Waals surface area contributed by atoms with Gasteiger partial charge in [0.1, 0.15) is 23.2 Å². The maximum Gasteiger partial charge on any atom is 0.342 e. The van der Waals surface area contributed by atoms with Crippen molar-refractivity contribution in [3.05, 3.63) is 46.5 Å². The predicted octanol–water partition coefficient (Wildman–Crippen LogP) is 4.52. The summed E-state index contributed by atoms with van der Waals surface area (Å²) in [6, 6.07) is 1.01. The van der Waals surface area contributed by atoms with Gasteiger partial charge in [-0.15, -0.1) is 0 Å². The fourth-order valence-electron chi connectivity index (χ4n) is 3.89. The van der Waals surface area contributed by atoms with Crippen molar-refractivity contribution in [2.45, 2.75) is 58.0 Å². The van der Waals surface area contributed by atoms with E-state index in [1.807, 2.05) is 18.2 Å². The van der Waals surface area contributed by atoms with Crippen molar-refractivity contribution in [2.75, 3.05) is 19.7 Å². The summed E-state index contributed by atoms with van der Waals surface area (Å²) >= 11 is 6.33. The van der Waals surface area contributed by atoms with Gasteiger partial charge >= 0.3 is 5.97 Å². The van der Waals surface area contributed by atoms with Crippen molar-refractivity contribution in [1.82, 2.24) is 4.90 Å². The number of rotatable bonds is 3. The highest BCUT2D eigenvalue weighted by atomic mass is 35.5. The van der Waals surface area contributed by atoms with Crippen molar-refractivity contribution in [3.8, 4) is 11.5 Å². The van der Waals surface area contributed by atoms with E-state index in [1.54, 1.807) is 17.9 Å². The van der Waals surface area contributed by atoms with Crippen molar-refractivity contribution < 1.29 is 29.4 Å². The summed E-state index contributed by atoms with van der Waals surface area (Å²) in [6.45, 7) is 2.99. The van der Waals surface area contributed by atoms with Crippen molar-refractivity contribution in [1.29, 1.82) is 0 Å². The van der Waals surface area contributed by atoms with Crippen molar-refractivity contribution in [2.24, 2.45) is 5.16 Å². The Kier molecular flexibility index (Phi) is 9.39. The molecule has 0 spiro atoms. The molecule has 1 amide bonds. The van der Waals surface area contributed by atoms with Gasteiger partial charge in [0.05, 0.1) is 10.7 Å². The number of phenolic OH excluding ortho intramolecular Hbond substituents is 2. The topological polar surface area (TPSA) is 109 Å². The molecule has 0 radical (unpaired) electrons. The summed E-state index contributed by atoms with van der Waals surface area (Å²) in [5, 5.41) is 24.6. The number of amides is 1. The monoisotopic (exact) mass is 490 g/mol. The molecule has 1 fully saturated rings. The van der Waals surface area contributed by atoms with E-state index in [2.05, 4.69) is 5.16 Å². The summed E-state index contributed by atoms with van der Waals surface area (Å²) in [5.74, 6) is -1.70. The second-order valence-electron chi connectivity index (χ2n) is 8.46. The van der Waals surface area contributed by atoms with Crippen LogP contribution in [0.1, 0.15) is 61.4 Å². The number of hydrogen-bond acceptors (Lipinski definition) is 7. The first-order chi connectivity index (χ1) is 16.4. The van der Waals surface area contributed by atoms with E-state index in [1.165, 1.54) is 0 Å². The molecule has 0 aromatic heterocycles. The van der Waals surface area contributed by atoms with Crippen LogP contribution in [0.4, 0.5) is 0 Å². The van der Waals surface area contributed by atoms with Crippen LogP contribution in [0, 0.1) is 0 Å². The predicted molar refractivity (Wildman–Crippen MR) is 129 cm³/mol. The fourth-order valence-corrected chi connectivity index (χ4v) is 4.11. The van der Waals surface area contributed by atoms with Crippen LogP contribution in [0.3, 0.4) is 0 Å². The average molecular weight is 491 g/mol. The number of carbonyl (C=O) groups excluding carboxylic acids is 2. The summed E-state index contributed by atoms with van der Waals surface area (Å²) in [7, 11) is 0. The van der Waals surface area contributed by atoms with Crippen molar-refractivity contribution >= 4 is 29.2 Å². The largest absolute Gasteiger partial charge is 0.507 e. The third-order valence-electron chi connectivity index (χ3n) is 5.71. The number of allylic oxidation sites excluding steroid dienone is 3. The lowest BCUT2D eigenvalue weighted by atomic mass is 9.99. The minimum atomic E-state index is -0.753. The van der Waals surface area contributed by atoms with Gasteiger partial charge in [-0.25, -0.2) is 4.79 Å². The normalized spacial score (nSPS) is 22.9. The van der Waals surface area contributed by atoms with Gasteiger partial charge in [-0.3, -0.25) is 4.79 Å². The Bertz CT molecular complexity index is 982. The second-order valence-corrected chi connectivity index (χ2v) is 8.84. The molecule has 0 saturated carbocycles. The molecule has 1 saturated heterocycles. The SMILES string of the molecule is C[C@@H]1C/C=C/CC/C=C/C(=N\OCC(=O)N2CCCCC2)Cc2c(Cl)c(O)cc(O)c2C(=O)O1. The second kappa shape index (κ2) is 12.5. The number of hydrogen-bond donors (Lipinski definition) is 2. The first kappa shape index (κ1) is 25.6. The summed E-state index contributed by atoms with van der Waals surface area (Å²) < 4.78 is 5.48. The van der Waals surface area contributed by atoms with Crippen LogP contribution >= 0.6 is 11.6 Å². The summed E-state index contributed by atoms with van der Waals surface area (Å²) in [5.41, 5.74) is 0.404. The lowest BCUT2D eigenvalue weighted by molar-refractivity contribution is -0.137. The Morgan fingerprint density at radius 1 is 1.18 bits per heavy atom. The van der Waals surface area contributed by atoms with Gasteiger partial charge < -0.3 is 24.7 Å². The molecule has 8 nitrogen and oxygen atoms in total. The lowest BCUT2D eigenvalue weighted by Crippen LogP contribution is -2.37. The number of benzene rings is 1. The Hall–Kier alpha value is -3.00. The number of phenols is 2. The maximum absolute atomic E-state index is 12.9. The number of cyclic esters (lactones) is 1. The van der Waals surface area contributed by atoms with Gasteiger partial charge in [0.25, 0.3) is 5.91 Å². The molecule has 2 N–H and O–H groups in total. The minimum Gasteiger partial charge on any atom is -0.507 e. The molecule has 0 aliphatic carbocycles. The molecule has 184 valence electrons. The number of halogens is 1. The van der Waals surface area contributed by atoms with Gasteiger partial charge in [-0.2, -0.15) is 0 Å². The van der Waals surface area contributed by atoms with Crippen molar-refractivity contribution in [3.63, 3.8) is 0 Å². The van der Waals surface area contributed by atoms with E-state index >= 15 is 0 Å². The number of nitrogens with zero attached hydrogens (tertiary/aromatic N) is 2. The van der Waals surface area contributed by atoms with Crippen LogP contribution in [0.2, 0.25) is 5.02 Å². The molecule has 1 aromatic rings. The first-order valence-electron chi connectivity index (χ1n) is 11.6. The molecular weight excluding hydrogens is 460 g/mol. The van der Waals surface area contributed by atoms with E-state index in [0.29, 0.717) is 25.2 Å². The number of piperidine rings is 1. The highest BCUT2D eigenvalue weighted by Gasteiger charge is 2.26. The van der Waals surface area contributed by atoms with E-state index in [0.717, 1.165) is 38.2 Å². The van der Waals surface area contributed by atoms with E-state index in [4.69, 9.17) is 21.2 Å². The van der Waals surface area contributed by atoms with Crippen LogP contribution in [0.5, 0.6) is 11.5 Å². The third-order valence-corrected chi connectivity index (χ3v) is 6.14. The zero-order chi connectivity index (χ0) is 24.5. The number of fused-ring (bicyclic) bond motifs is 1. The van der Waals surface area contributed by atoms with E-state index in [9.17, 15) is 19.8 Å². The minimum absolute atomic E-state index is 0.0240. The lowest BCUT2D eigenvalue weighted by Gasteiger charge is -2.26. The quantitative estimate of drug-likeness (QED) is 0.366. The number of esters is 1. The molecule has 1 atom stereocenters. The van der Waals surface area contributed by atoms with Crippen LogP contribution in [0.25, 0.3) is 0 Å². The average Bonchev–Trinajstić information content (AvgIpc) is 2.81. The Balaban J connectivity index is 1.88. The molecular formula is C25H31ClN2O6. The van der Waals surface area contributed by atoms with E-state index in [-0.39, 0.29) is 40.8 Å². The Morgan fingerprint density at radius 2 is 1.91 bits per heavy atom. The highest BCUT2D eigenvalue weighted by Crippen LogP contribution is 2.37. The van der Waals surface area contributed by atoms with Crippen LogP contribution < -0.4 is 0 Å². The zero-order valence-corrected chi connectivity index (χ0v) is 20.1. The number of ether oxygens (including phenoxy) is 1. The van der Waals surface area contributed by atoms with Gasteiger partial charge in [-0.1, -0.05) is 35.0 Å². The molecule has 34 heavy (non-hydrogen) atoms. The highest BCUT2D eigenvalue weighted by molar-refractivity contribution is 6.33. The van der Waals surface area contributed by atoms with E-state index < -0.39 is 17.8 Å².